The van der Waals surface area contributed by atoms with Crippen molar-refractivity contribution in [2.24, 2.45) is 0 Å². The summed E-state index contributed by atoms with van der Waals surface area (Å²) in [5, 5.41) is 0.139. The zero-order valence-corrected chi connectivity index (χ0v) is 8.35. The molecule has 0 bridgehead atoms. The van der Waals surface area contributed by atoms with Gasteiger partial charge in [0.2, 0.25) is 0 Å². The van der Waals surface area contributed by atoms with Gasteiger partial charge in [-0.1, -0.05) is 17.7 Å². The number of carbonyl (C=O) groups excluding carboxylic acids is 1. The normalized spacial score (nSPS) is 9.93. The second-order valence-corrected chi connectivity index (χ2v) is 3.12. The largest absolute Gasteiger partial charge is 0.298 e. The Balaban J connectivity index is 2.63. The molecule has 15 heavy (non-hydrogen) atoms. The van der Waals surface area contributed by atoms with Gasteiger partial charge in [-0.15, -0.1) is 0 Å². The highest BCUT2D eigenvalue weighted by atomic mass is 35.5. The van der Waals surface area contributed by atoms with Crippen LogP contribution in [0.25, 0.3) is 11.4 Å². The van der Waals surface area contributed by atoms with Gasteiger partial charge >= 0.3 is 0 Å². The van der Waals surface area contributed by atoms with Crippen LogP contribution >= 0.6 is 11.6 Å². The third-order valence-corrected chi connectivity index (χ3v) is 2.16. The van der Waals surface area contributed by atoms with Crippen molar-refractivity contribution < 1.29 is 4.79 Å². The van der Waals surface area contributed by atoms with Crippen LogP contribution in [0.4, 0.5) is 0 Å². The number of nitrogens with zero attached hydrogens (tertiary/aromatic N) is 3. The molecule has 0 atom stereocenters. The Bertz CT molecular complexity index is 487. The van der Waals surface area contributed by atoms with Gasteiger partial charge in [0.15, 0.2) is 6.29 Å². The minimum absolute atomic E-state index is 0.139. The maximum absolute atomic E-state index is 10.8. The van der Waals surface area contributed by atoms with E-state index in [1.165, 1.54) is 6.33 Å². The predicted molar refractivity (Wildman–Crippen MR) is 55.7 cm³/mol. The lowest BCUT2D eigenvalue weighted by molar-refractivity contribution is 0.112. The fraction of sp³-hybridized carbons (Fsp3) is 0. The third kappa shape index (κ3) is 1.85. The van der Waals surface area contributed by atoms with Crippen molar-refractivity contribution in [3.05, 3.63) is 41.4 Å². The fourth-order valence-electron chi connectivity index (χ4n) is 1.19. The van der Waals surface area contributed by atoms with E-state index in [0.717, 1.165) is 0 Å². The van der Waals surface area contributed by atoms with Crippen LogP contribution in [-0.2, 0) is 0 Å². The average Bonchev–Trinajstić information content (AvgIpc) is 2.30. The van der Waals surface area contributed by atoms with E-state index in [-0.39, 0.29) is 10.7 Å². The maximum Gasteiger partial charge on any atom is 0.155 e. The third-order valence-electron chi connectivity index (χ3n) is 1.86. The summed E-state index contributed by atoms with van der Waals surface area (Å²) in [7, 11) is 0. The summed E-state index contributed by atoms with van der Waals surface area (Å²) in [5.41, 5.74) is 1.31. The molecule has 4 nitrogen and oxygen atoms in total. The summed E-state index contributed by atoms with van der Waals surface area (Å²) in [6.07, 6.45) is 3.56. The van der Waals surface area contributed by atoms with E-state index >= 15 is 0 Å². The molecule has 0 radical (unpaired) electrons. The number of hydrogen-bond donors (Lipinski definition) is 0. The van der Waals surface area contributed by atoms with Crippen LogP contribution in [0.5, 0.6) is 0 Å². The lowest BCUT2D eigenvalue weighted by Crippen LogP contribution is -1.96. The van der Waals surface area contributed by atoms with Gasteiger partial charge in [0.25, 0.3) is 0 Å². The van der Waals surface area contributed by atoms with Crippen molar-refractivity contribution in [3.63, 3.8) is 0 Å². The van der Waals surface area contributed by atoms with Crippen molar-refractivity contribution in [2.45, 2.75) is 0 Å². The highest BCUT2D eigenvalue weighted by Gasteiger charge is 2.11. The molecule has 0 aliphatic heterocycles. The minimum Gasteiger partial charge on any atom is -0.298 e. The highest BCUT2D eigenvalue weighted by molar-refractivity contribution is 6.32. The van der Waals surface area contributed by atoms with E-state index < -0.39 is 0 Å². The molecule has 5 heteroatoms. The molecule has 0 fully saturated rings. The van der Waals surface area contributed by atoms with Crippen LogP contribution in [-0.4, -0.2) is 21.2 Å². The minimum atomic E-state index is 0.139. The van der Waals surface area contributed by atoms with Gasteiger partial charge in [-0.05, 0) is 12.1 Å². The van der Waals surface area contributed by atoms with Crippen LogP contribution in [0.2, 0.25) is 5.15 Å². The zero-order valence-electron chi connectivity index (χ0n) is 7.59. The van der Waals surface area contributed by atoms with Gasteiger partial charge in [-0.25, -0.2) is 9.97 Å². The van der Waals surface area contributed by atoms with E-state index in [1.54, 1.807) is 18.3 Å². The van der Waals surface area contributed by atoms with Crippen molar-refractivity contribution in [3.8, 4) is 11.4 Å². The lowest BCUT2D eigenvalue weighted by atomic mass is 10.2. The molecule has 0 N–H and O–H groups in total. The van der Waals surface area contributed by atoms with Gasteiger partial charge in [0, 0.05) is 6.20 Å². The summed E-state index contributed by atoms with van der Waals surface area (Å²) in [6, 6.07) is 5.35. The smallest absolute Gasteiger partial charge is 0.155 e. The average molecular weight is 220 g/mol. The van der Waals surface area contributed by atoms with Crippen LogP contribution in [0.3, 0.4) is 0 Å². The monoisotopic (exact) mass is 219 g/mol. The number of halogens is 1. The molecule has 0 unspecified atom stereocenters. The molecule has 0 aromatic carbocycles. The summed E-state index contributed by atoms with van der Waals surface area (Å²) in [4.78, 5) is 22.6. The number of pyridine rings is 1. The lowest BCUT2D eigenvalue weighted by Gasteiger charge is -2.02. The Morgan fingerprint density at radius 2 is 2.07 bits per heavy atom. The quantitative estimate of drug-likeness (QED) is 0.573. The zero-order chi connectivity index (χ0) is 10.7. The van der Waals surface area contributed by atoms with Gasteiger partial charge in [-0.2, -0.15) is 0 Å². The number of hydrogen-bond acceptors (Lipinski definition) is 4. The van der Waals surface area contributed by atoms with Gasteiger partial charge < -0.3 is 0 Å². The van der Waals surface area contributed by atoms with Gasteiger partial charge in [-0.3, -0.25) is 9.78 Å². The first-order valence-corrected chi connectivity index (χ1v) is 4.58. The first-order chi connectivity index (χ1) is 7.33. The summed E-state index contributed by atoms with van der Waals surface area (Å²) in [6.45, 7) is 0. The van der Waals surface area contributed by atoms with Crippen molar-refractivity contribution in [2.75, 3.05) is 0 Å². The first kappa shape index (κ1) is 9.73. The number of rotatable bonds is 2. The van der Waals surface area contributed by atoms with E-state index in [9.17, 15) is 4.79 Å². The summed E-state index contributed by atoms with van der Waals surface area (Å²) >= 11 is 5.77. The van der Waals surface area contributed by atoms with Crippen molar-refractivity contribution >= 4 is 17.9 Å². The molecule has 2 aromatic rings. The number of carbonyl (C=O) groups is 1. The van der Waals surface area contributed by atoms with Crippen LogP contribution in [0.1, 0.15) is 10.4 Å². The second-order valence-electron chi connectivity index (χ2n) is 2.76. The molecule has 0 saturated heterocycles. The van der Waals surface area contributed by atoms with E-state index in [2.05, 4.69) is 15.0 Å². The summed E-state index contributed by atoms with van der Waals surface area (Å²) < 4.78 is 0. The van der Waals surface area contributed by atoms with E-state index in [1.807, 2.05) is 6.07 Å². The Morgan fingerprint density at radius 1 is 1.20 bits per heavy atom. The van der Waals surface area contributed by atoms with Crippen LogP contribution in [0, 0.1) is 0 Å². The van der Waals surface area contributed by atoms with Crippen LogP contribution < -0.4 is 0 Å². The molecule has 74 valence electrons. The molecular formula is C10H6ClN3O. The Morgan fingerprint density at radius 3 is 2.73 bits per heavy atom. The van der Waals surface area contributed by atoms with Crippen LogP contribution in [0.15, 0.2) is 30.7 Å². The number of aldehydes is 1. The fourth-order valence-corrected chi connectivity index (χ4v) is 1.36. The van der Waals surface area contributed by atoms with Gasteiger partial charge in [0.1, 0.15) is 17.2 Å². The molecule has 0 aliphatic rings. The molecule has 0 aliphatic carbocycles. The summed E-state index contributed by atoms with van der Waals surface area (Å²) in [5.74, 6) is 0. The topological polar surface area (TPSA) is 55.7 Å². The predicted octanol–water partition coefficient (Wildman–Crippen LogP) is 2.00. The first-order valence-electron chi connectivity index (χ1n) is 4.20. The molecule has 2 rings (SSSR count). The molecule has 2 heterocycles. The molecule has 2 aromatic heterocycles. The molecule has 0 saturated carbocycles. The SMILES string of the molecule is O=Cc1c(Cl)ncnc1-c1ccccn1. The standard InChI is InChI=1S/C10H6ClN3O/c11-10-7(5-15)9(13-6-14-10)8-3-1-2-4-12-8/h1-6H. The molecular weight excluding hydrogens is 214 g/mol. The van der Waals surface area contributed by atoms with E-state index in [0.29, 0.717) is 17.7 Å². The van der Waals surface area contributed by atoms with Crippen molar-refractivity contribution in [1.29, 1.82) is 0 Å². The second kappa shape index (κ2) is 4.14. The Hall–Kier alpha value is -1.81. The van der Waals surface area contributed by atoms with E-state index in [4.69, 9.17) is 11.6 Å². The molecule has 0 spiro atoms. The maximum atomic E-state index is 10.8. The molecule has 0 amide bonds. The Kier molecular flexibility index (Phi) is 2.69. The van der Waals surface area contributed by atoms with Crippen molar-refractivity contribution in [1.82, 2.24) is 15.0 Å². The van der Waals surface area contributed by atoms with Gasteiger partial charge in [0.05, 0.1) is 11.3 Å². The number of aromatic nitrogens is 3. The highest BCUT2D eigenvalue weighted by Crippen LogP contribution is 2.21. The Labute approximate surface area is 91.0 Å².